The molecule has 2 saturated carbocycles. The van der Waals surface area contributed by atoms with Crippen LogP contribution in [0.5, 0.6) is 5.75 Å². The van der Waals surface area contributed by atoms with Crippen molar-refractivity contribution in [3.8, 4) is 5.75 Å². The topological polar surface area (TPSA) is 40.5 Å². The Morgan fingerprint density at radius 3 is 2.83 bits per heavy atom. The van der Waals surface area contributed by atoms with E-state index in [4.69, 9.17) is 0 Å². The Bertz CT molecular complexity index is 487. The van der Waals surface area contributed by atoms with Gasteiger partial charge in [-0.2, -0.15) is 0 Å². The van der Waals surface area contributed by atoms with E-state index in [1.54, 1.807) is 0 Å². The van der Waals surface area contributed by atoms with Crippen molar-refractivity contribution >= 4 is 0 Å². The van der Waals surface area contributed by atoms with Gasteiger partial charge in [0.05, 0.1) is 5.60 Å². The summed E-state index contributed by atoms with van der Waals surface area (Å²) in [5.74, 6) is 0.0820. The van der Waals surface area contributed by atoms with Crippen LogP contribution in [0, 0.1) is 17.2 Å². The number of fused-ring (bicyclic) bond motifs is 2. The molecule has 0 aliphatic heterocycles. The molecule has 2 aliphatic carbocycles. The minimum Gasteiger partial charge on any atom is -0.508 e. The van der Waals surface area contributed by atoms with Gasteiger partial charge >= 0.3 is 0 Å². The highest BCUT2D eigenvalue weighted by Crippen LogP contribution is 2.57. The van der Waals surface area contributed by atoms with Crippen molar-refractivity contribution in [3.05, 3.63) is 29.6 Å². The molecule has 1 aromatic rings. The zero-order valence-corrected chi connectivity index (χ0v) is 10.6. The highest BCUT2D eigenvalue weighted by Gasteiger charge is 2.50. The van der Waals surface area contributed by atoms with Gasteiger partial charge in [-0.25, -0.2) is 4.39 Å². The third-order valence-electron chi connectivity index (χ3n) is 4.73. The SMILES string of the molecule is CC12CCC(C1)CC(O)(c1cc(O)ccc1F)C2. The first-order chi connectivity index (χ1) is 8.40. The molecule has 0 radical (unpaired) electrons. The molecule has 2 aliphatic rings. The number of rotatable bonds is 1. The molecule has 0 saturated heterocycles. The number of aliphatic hydroxyl groups is 1. The van der Waals surface area contributed by atoms with E-state index in [0.29, 0.717) is 18.8 Å². The van der Waals surface area contributed by atoms with Gasteiger partial charge in [0, 0.05) is 5.56 Å². The van der Waals surface area contributed by atoms with Gasteiger partial charge in [-0.15, -0.1) is 0 Å². The number of benzene rings is 1. The molecule has 2 nitrogen and oxygen atoms in total. The third-order valence-corrected chi connectivity index (χ3v) is 4.73. The van der Waals surface area contributed by atoms with E-state index in [2.05, 4.69) is 6.92 Å². The first-order valence-corrected chi connectivity index (χ1v) is 6.62. The Morgan fingerprint density at radius 1 is 1.33 bits per heavy atom. The minimum absolute atomic E-state index is 0.0166. The Labute approximate surface area is 106 Å². The molecular formula is C15H19FO2. The molecule has 18 heavy (non-hydrogen) atoms. The van der Waals surface area contributed by atoms with Gasteiger partial charge in [0.15, 0.2) is 0 Å². The highest BCUT2D eigenvalue weighted by molar-refractivity contribution is 5.34. The molecule has 0 aromatic heterocycles. The van der Waals surface area contributed by atoms with Crippen LogP contribution in [0.3, 0.4) is 0 Å². The van der Waals surface area contributed by atoms with Crippen molar-refractivity contribution in [2.45, 2.75) is 44.6 Å². The van der Waals surface area contributed by atoms with Gasteiger partial charge in [-0.1, -0.05) is 6.92 Å². The average Bonchev–Trinajstić information content (AvgIpc) is 2.56. The smallest absolute Gasteiger partial charge is 0.129 e. The Hall–Kier alpha value is -1.09. The summed E-state index contributed by atoms with van der Waals surface area (Å²) in [5, 5.41) is 20.4. The molecule has 2 bridgehead atoms. The zero-order valence-electron chi connectivity index (χ0n) is 10.6. The van der Waals surface area contributed by atoms with Gasteiger partial charge < -0.3 is 10.2 Å². The Morgan fingerprint density at radius 2 is 2.11 bits per heavy atom. The monoisotopic (exact) mass is 250 g/mol. The molecular weight excluding hydrogens is 231 g/mol. The summed E-state index contributed by atoms with van der Waals surface area (Å²) < 4.78 is 13.9. The van der Waals surface area contributed by atoms with Crippen LogP contribution in [-0.2, 0) is 5.60 Å². The molecule has 1 aromatic carbocycles. The van der Waals surface area contributed by atoms with Crippen molar-refractivity contribution in [1.29, 1.82) is 0 Å². The van der Waals surface area contributed by atoms with E-state index < -0.39 is 11.4 Å². The van der Waals surface area contributed by atoms with Crippen LogP contribution in [0.25, 0.3) is 0 Å². The molecule has 0 heterocycles. The molecule has 2 N–H and O–H groups in total. The van der Waals surface area contributed by atoms with Crippen molar-refractivity contribution in [3.63, 3.8) is 0 Å². The first-order valence-electron chi connectivity index (χ1n) is 6.62. The molecule has 3 atom stereocenters. The van der Waals surface area contributed by atoms with Crippen LogP contribution >= 0.6 is 0 Å². The highest BCUT2D eigenvalue weighted by atomic mass is 19.1. The lowest BCUT2D eigenvalue weighted by molar-refractivity contribution is -0.0520. The van der Waals surface area contributed by atoms with Crippen molar-refractivity contribution < 1.29 is 14.6 Å². The maximum Gasteiger partial charge on any atom is 0.129 e. The minimum atomic E-state index is -1.11. The normalized spacial score (nSPS) is 38.9. The van der Waals surface area contributed by atoms with E-state index in [1.807, 2.05) is 0 Å². The zero-order chi connectivity index (χ0) is 13.0. The molecule has 0 spiro atoms. The second-order valence-electron chi connectivity index (χ2n) is 6.50. The van der Waals surface area contributed by atoms with Gasteiger partial charge in [0.2, 0.25) is 0 Å². The third kappa shape index (κ3) is 1.81. The van der Waals surface area contributed by atoms with Crippen LogP contribution in [0.4, 0.5) is 4.39 Å². The van der Waals surface area contributed by atoms with E-state index in [0.717, 1.165) is 19.3 Å². The summed E-state index contributed by atoms with van der Waals surface area (Å²) in [6.45, 7) is 2.18. The standard InChI is InChI=1S/C15H19FO2/c1-14-5-4-10(7-14)8-15(18,9-14)12-6-11(17)2-3-13(12)16/h2-3,6,10,17-18H,4-5,7-9H2,1H3. The van der Waals surface area contributed by atoms with Crippen molar-refractivity contribution in [1.82, 2.24) is 0 Å². The summed E-state index contributed by atoms with van der Waals surface area (Å²) in [7, 11) is 0. The van der Waals surface area contributed by atoms with E-state index in [-0.39, 0.29) is 16.7 Å². The predicted octanol–water partition coefficient (Wildman–Crippen LogP) is 3.32. The Balaban J connectivity index is 2.02. The number of phenols is 1. The van der Waals surface area contributed by atoms with E-state index >= 15 is 0 Å². The van der Waals surface area contributed by atoms with Crippen LogP contribution in [-0.4, -0.2) is 10.2 Å². The molecule has 3 rings (SSSR count). The lowest BCUT2D eigenvalue weighted by atomic mass is 9.67. The first kappa shape index (κ1) is 12.0. The fraction of sp³-hybridized carbons (Fsp3) is 0.600. The largest absolute Gasteiger partial charge is 0.508 e. The maximum absolute atomic E-state index is 13.9. The second kappa shape index (κ2) is 3.70. The summed E-state index contributed by atoms with van der Waals surface area (Å²) in [6.07, 6.45) is 4.58. The lowest BCUT2D eigenvalue weighted by Crippen LogP contribution is -2.38. The summed E-state index contributed by atoms with van der Waals surface area (Å²) in [6, 6.07) is 3.94. The fourth-order valence-corrected chi connectivity index (χ4v) is 4.12. The molecule has 0 amide bonds. The summed E-state index contributed by atoms with van der Waals surface area (Å²) >= 11 is 0. The van der Waals surface area contributed by atoms with Gasteiger partial charge in [0.25, 0.3) is 0 Å². The molecule has 98 valence electrons. The van der Waals surface area contributed by atoms with Gasteiger partial charge in [-0.05, 0) is 61.6 Å². The fourth-order valence-electron chi connectivity index (χ4n) is 4.12. The van der Waals surface area contributed by atoms with Crippen LogP contribution < -0.4 is 0 Å². The van der Waals surface area contributed by atoms with Gasteiger partial charge in [-0.3, -0.25) is 0 Å². The van der Waals surface area contributed by atoms with Crippen molar-refractivity contribution in [2.24, 2.45) is 11.3 Å². The Kier molecular flexibility index (Phi) is 2.46. The summed E-state index contributed by atoms with van der Waals surface area (Å²) in [5.41, 5.74) is -0.729. The summed E-state index contributed by atoms with van der Waals surface area (Å²) in [4.78, 5) is 0. The van der Waals surface area contributed by atoms with Crippen LogP contribution in [0.15, 0.2) is 18.2 Å². The number of phenolic OH excluding ortho intramolecular Hbond substituents is 1. The average molecular weight is 250 g/mol. The number of aromatic hydroxyl groups is 1. The predicted molar refractivity (Wildman–Crippen MR) is 66.6 cm³/mol. The van der Waals surface area contributed by atoms with Gasteiger partial charge in [0.1, 0.15) is 11.6 Å². The van der Waals surface area contributed by atoms with E-state index in [9.17, 15) is 14.6 Å². The maximum atomic E-state index is 13.9. The number of hydrogen-bond donors (Lipinski definition) is 2. The van der Waals surface area contributed by atoms with Crippen LogP contribution in [0.1, 0.15) is 44.6 Å². The molecule has 3 heteroatoms. The van der Waals surface area contributed by atoms with Crippen LogP contribution in [0.2, 0.25) is 0 Å². The quantitative estimate of drug-likeness (QED) is 0.802. The molecule has 2 fully saturated rings. The molecule has 3 unspecified atom stereocenters. The second-order valence-corrected chi connectivity index (χ2v) is 6.50. The van der Waals surface area contributed by atoms with Crippen molar-refractivity contribution in [2.75, 3.05) is 0 Å². The number of hydrogen-bond acceptors (Lipinski definition) is 2. The lowest BCUT2D eigenvalue weighted by Gasteiger charge is -2.42. The van der Waals surface area contributed by atoms with E-state index in [1.165, 1.54) is 18.2 Å². The number of halogens is 1.